The van der Waals surface area contributed by atoms with Crippen molar-refractivity contribution >= 4 is 11.9 Å². The molecule has 0 radical (unpaired) electrons. The summed E-state index contributed by atoms with van der Waals surface area (Å²) in [6.07, 6.45) is -1.22. The molecule has 0 aromatic carbocycles. The zero-order valence-corrected chi connectivity index (χ0v) is 6.46. The lowest BCUT2D eigenvalue weighted by Gasteiger charge is -2.11. The van der Waals surface area contributed by atoms with Crippen molar-refractivity contribution in [1.29, 1.82) is 0 Å². The van der Waals surface area contributed by atoms with Gasteiger partial charge in [0.2, 0.25) is 0 Å². The van der Waals surface area contributed by atoms with Gasteiger partial charge in [-0.2, -0.15) is 0 Å². The zero-order valence-electron chi connectivity index (χ0n) is 6.46. The Balaban J connectivity index is 3.89. The predicted molar refractivity (Wildman–Crippen MR) is 37.5 cm³/mol. The molecule has 0 aromatic heterocycles. The summed E-state index contributed by atoms with van der Waals surface area (Å²) in [6.45, 7) is 1.38. The van der Waals surface area contributed by atoms with Crippen LogP contribution in [0.1, 0.15) is 6.92 Å². The summed E-state index contributed by atoms with van der Waals surface area (Å²) in [5.74, 6) is -0.255. The minimum Gasteiger partial charge on any atom is -0.465 e. The number of hydrogen-bond donors (Lipinski definition) is 2. The number of hydrogen-bond acceptors (Lipinski definition) is 3. The number of ether oxygens (including phenoxy) is 1. The van der Waals surface area contributed by atoms with E-state index in [0.29, 0.717) is 0 Å². The van der Waals surface area contributed by atoms with E-state index >= 15 is 0 Å². The van der Waals surface area contributed by atoms with Crippen molar-refractivity contribution in [2.75, 3.05) is 13.7 Å². The van der Waals surface area contributed by atoms with E-state index in [2.05, 4.69) is 4.74 Å². The van der Waals surface area contributed by atoms with Gasteiger partial charge in [-0.05, 0) is 6.92 Å². The van der Waals surface area contributed by atoms with Crippen LogP contribution in [-0.2, 0) is 9.53 Å². The van der Waals surface area contributed by atoms with Gasteiger partial charge in [0.1, 0.15) is 6.04 Å². The lowest BCUT2D eigenvalue weighted by molar-refractivity contribution is -0.120. The van der Waals surface area contributed by atoms with Crippen LogP contribution in [0, 0.1) is 0 Å². The van der Waals surface area contributed by atoms with E-state index in [9.17, 15) is 9.59 Å². The Kier molecular flexibility index (Phi) is 4.21. The van der Waals surface area contributed by atoms with Crippen molar-refractivity contribution in [3.05, 3.63) is 0 Å². The van der Waals surface area contributed by atoms with Crippen molar-refractivity contribution in [1.82, 2.24) is 5.32 Å². The molecule has 5 nitrogen and oxygen atoms in total. The Hall–Kier alpha value is -1.10. The highest BCUT2D eigenvalue weighted by Gasteiger charge is 2.15. The minimum absolute atomic E-state index is 0.0711. The van der Waals surface area contributed by atoms with E-state index in [-0.39, 0.29) is 12.4 Å². The van der Waals surface area contributed by atoms with Gasteiger partial charge in [-0.25, -0.2) is 4.79 Å². The first kappa shape index (κ1) is 9.90. The first-order valence-electron chi connectivity index (χ1n) is 3.06. The molecule has 0 aliphatic carbocycles. The predicted octanol–water partition coefficient (Wildman–Crippen LogP) is -0.142. The second kappa shape index (κ2) is 4.68. The second-order valence-corrected chi connectivity index (χ2v) is 2.07. The normalized spacial score (nSPS) is 12.2. The van der Waals surface area contributed by atoms with Gasteiger partial charge in [0.15, 0.2) is 5.78 Å². The number of nitrogens with one attached hydrogen (secondary N) is 1. The van der Waals surface area contributed by atoms with Crippen LogP contribution < -0.4 is 5.32 Å². The van der Waals surface area contributed by atoms with Crippen molar-refractivity contribution in [3.63, 3.8) is 0 Å². The number of carbonyl (C=O) groups is 2. The van der Waals surface area contributed by atoms with Crippen LogP contribution in [0.4, 0.5) is 4.79 Å². The third-order valence-electron chi connectivity index (χ3n) is 1.12. The molecule has 0 bridgehead atoms. The standard InChI is InChI=1S/C6H11NO4/c1-4(8)5(3-11-2)7-6(9)10/h5,7H,3H2,1-2H3,(H,9,10). The van der Waals surface area contributed by atoms with Gasteiger partial charge < -0.3 is 15.2 Å². The molecule has 11 heavy (non-hydrogen) atoms. The van der Waals surface area contributed by atoms with Crippen molar-refractivity contribution in [2.24, 2.45) is 0 Å². The highest BCUT2D eigenvalue weighted by molar-refractivity contribution is 5.85. The molecule has 1 amide bonds. The lowest BCUT2D eigenvalue weighted by Crippen LogP contribution is -2.42. The van der Waals surface area contributed by atoms with Crippen LogP contribution in [0.25, 0.3) is 0 Å². The van der Waals surface area contributed by atoms with Crippen LogP contribution in [0.2, 0.25) is 0 Å². The molecule has 0 spiro atoms. The Morgan fingerprint density at radius 3 is 2.45 bits per heavy atom. The van der Waals surface area contributed by atoms with Gasteiger partial charge in [0, 0.05) is 7.11 Å². The number of rotatable bonds is 4. The van der Waals surface area contributed by atoms with Gasteiger partial charge in [-0.3, -0.25) is 4.79 Å². The maximum Gasteiger partial charge on any atom is 0.405 e. The van der Waals surface area contributed by atoms with Crippen LogP contribution in [0.5, 0.6) is 0 Å². The summed E-state index contributed by atoms with van der Waals surface area (Å²) in [4.78, 5) is 20.7. The fourth-order valence-corrected chi connectivity index (χ4v) is 0.576. The molecule has 0 heterocycles. The Bertz CT molecular complexity index is 157. The molecule has 0 aliphatic rings. The second-order valence-electron chi connectivity index (χ2n) is 2.07. The van der Waals surface area contributed by atoms with Crippen molar-refractivity contribution in [2.45, 2.75) is 13.0 Å². The molecular formula is C6H11NO4. The van der Waals surface area contributed by atoms with Crippen LogP contribution in [-0.4, -0.2) is 36.7 Å². The maximum atomic E-state index is 10.7. The first-order chi connectivity index (χ1) is 5.07. The first-order valence-corrected chi connectivity index (χ1v) is 3.06. The molecule has 0 aromatic rings. The van der Waals surface area contributed by atoms with E-state index < -0.39 is 12.1 Å². The van der Waals surface area contributed by atoms with E-state index in [4.69, 9.17) is 5.11 Å². The van der Waals surface area contributed by atoms with Gasteiger partial charge in [0.25, 0.3) is 0 Å². The lowest BCUT2D eigenvalue weighted by atomic mass is 10.2. The molecule has 0 saturated heterocycles. The molecule has 0 rings (SSSR count). The highest BCUT2D eigenvalue weighted by atomic mass is 16.5. The van der Waals surface area contributed by atoms with E-state index in [1.807, 2.05) is 5.32 Å². The summed E-state index contributed by atoms with van der Waals surface area (Å²) in [7, 11) is 1.40. The summed E-state index contributed by atoms with van der Waals surface area (Å²) in [6, 6.07) is -0.752. The number of amides is 1. The Morgan fingerprint density at radius 2 is 2.18 bits per heavy atom. The molecule has 0 saturated carbocycles. The molecular weight excluding hydrogens is 150 g/mol. The number of carbonyl (C=O) groups excluding carboxylic acids is 1. The van der Waals surface area contributed by atoms with Gasteiger partial charge in [0.05, 0.1) is 6.61 Å². The largest absolute Gasteiger partial charge is 0.465 e. The molecule has 0 aliphatic heterocycles. The summed E-state index contributed by atoms with van der Waals surface area (Å²) >= 11 is 0. The molecule has 0 fully saturated rings. The van der Waals surface area contributed by atoms with E-state index in [0.717, 1.165) is 0 Å². The van der Waals surface area contributed by atoms with Gasteiger partial charge in [-0.1, -0.05) is 0 Å². The average Bonchev–Trinajstić information content (AvgIpc) is 1.86. The smallest absolute Gasteiger partial charge is 0.405 e. The van der Waals surface area contributed by atoms with E-state index in [1.165, 1.54) is 14.0 Å². The average molecular weight is 161 g/mol. The van der Waals surface area contributed by atoms with Crippen LogP contribution in [0.3, 0.4) is 0 Å². The van der Waals surface area contributed by atoms with Crippen molar-refractivity contribution in [3.8, 4) is 0 Å². The van der Waals surface area contributed by atoms with Crippen molar-refractivity contribution < 1.29 is 19.4 Å². The molecule has 2 N–H and O–H groups in total. The Labute approximate surface area is 64.3 Å². The number of ketones is 1. The molecule has 64 valence electrons. The topological polar surface area (TPSA) is 75.6 Å². The Morgan fingerprint density at radius 1 is 1.64 bits per heavy atom. The van der Waals surface area contributed by atoms with Gasteiger partial charge in [-0.15, -0.1) is 0 Å². The fourth-order valence-electron chi connectivity index (χ4n) is 0.576. The zero-order chi connectivity index (χ0) is 8.85. The number of methoxy groups -OCH3 is 1. The number of carboxylic acid groups (broad SMARTS) is 1. The molecule has 1 atom stereocenters. The maximum absolute atomic E-state index is 10.7. The van der Waals surface area contributed by atoms with Crippen LogP contribution >= 0.6 is 0 Å². The summed E-state index contributed by atoms with van der Waals surface area (Å²) < 4.78 is 4.62. The van der Waals surface area contributed by atoms with Crippen LogP contribution in [0.15, 0.2) is 0 Å². The molecule has 5 heteroatoms. The fraction of sp³-hybridized carbons (Fsp3) is 0.667. The third kappa shape index (κ3) is 4.32. The summed E-state index contributed by atoms with van der Waals surface area (Å²) in [5, 5.41) is 10.3. The third-order valence-corrected chi connectivity index (χ3v) is 1.12. The summed E-state index contributed by atoms with van der Waals surface area (Å²) in [5.41, 5.74) is 0. The van der Waals surface area contributed by atoms with E-state index in [1.54, 1.807) is 0 Å². The minimum atomic E-state index is -1.22. The molecule has 1 unspecified atom stereocenters. The monoisotopic (exact) mass is 161 g/mol. The number of Topliss-reactive ketones (excluding diaryl/α,β-unsaturated/α-hetero) is 1. The quantitative estimate of drug-likeness (QED) is 0.601. The van der Waals surface area contributed by atoms with Gasteiger partial charge >= 0.3 is 6.09 Å². The SMILES string of the molecule is COCC(NC(=O)O)C(C)=O. The highest BCUT2D eigenvalue weighted by Crippen LogP contribution is 1.86.